The van der Waals surface area contributed by atoms with Crippen LogP contribution in [-0.2, 0) is 28.6 Å². The minimum atomic E-state index is -3.45. The lowest BCUT2D eigenvalue weighted by atomic mass is 9.94. The smallest absolute Gasteiger partial charge is 0.327 e. The molecular weight excluding hydrogens is 272 g/mol. The van der Waals surface area contributed by atoms with Crippen LogP contribution in [0.1, 0.15) is 26.7 Å². The van der Waals surface area contributed by atoms with Crippen molar-refractivity contribution in [3.05, 3.63) is 11.6 Å². The third-order valence-corrected chi connectivity index (χ3v) is 3.45. The van der Waals surface area contributed by atoms with Crippen molar-refractivity contribution in [3.63, 3.8) is 0 Å². The first-order chi connectivity index (χ1) is 8.74. The molecule has 1 aliphatic rings. The number of esters is 1. The van der Waals surface area contributed by atoms with E-state index in [1.54, 1.807) is 13.0 Å². The Bertz CT molecular complexity index is 504. The Morgan fingerprint density at radius 1 is 1.37 bits per heavy atom. The van der Waals surface area contributed by atoms with Gasteiger partial charge in [0.1, 0.15) is 0 Å². The van der Waals surface area contributed by atoms with Gasteiger partial charge in [-0.2, -0.15) is 8.42 Å². The van der Waals surface area contributed by atoms with Crippen LogP contribution in [0.3, 0.4) is 0 Å². The number of rotatable bonds is 8. The molecule has 0 saturated heterocycles. The minimum Gasteiger partial charge on any atom is -0.465 e. The highest BCUT2D eigenvalue weighted by atomic mass is 32.2. The zero-order chi connectivity index (χ0) is 14.7. The van der Waals surface area contributed by atoms with Gasteiger partial charge in [0.05, 0.1) is 19.5 Å². The summed E-state index contributed by atoms with van der Waals surface area (Å²) < 4.78 is 31.0. The highest BCUT2D eigenvalue weighted by molar-refractivity contribution is 7.85. The lowest BCUT2D eigenvalue weighted by Gasteiger charge is -2.13. The zero-order valence-corrected chi connectivity index (χ0v) is 12.1. The van der Waals surface area contributed by atoms with Crippen LogP contribution < -0.4 is 0 Å². The van der Waals surface area contributed by atoms with E-state index in [9.17, 15) is 18.0 Å². The van der Waals surface area contributed by atoms with Crippen LogP contribution in [0, 0.1) is 5.41 Å². The number of ketones is 1. The van der Waals surface area contributed by atoms with E-state index in [-0.39, 0.29) is 19.0 Å². The molecule has 108 valence electrons. The van der Waals surface area contributed by atoms with Crippen LogP contribution in [-0.4, -0.2) is 39.6 Å². The summed E-state index contributed by atoms with van der Waals surface area (Å²) >= 11 is 0. The molecule has 1 rings (SSSR count). The van der Waals surface area contributed by atoms with Gasteiger partial charge in [0.25, 0.3) is 10.1 Å². The number of hydrogen-bond donors (Lipinski definition) is 0. The van der Waals surface area contributed by atoms with Crippen molar-refractivity contribution in [2.45, 2.75) is 26.7 Å². The molecule has 0 saturated carbocycles. The Morgan fingerprint density at radius 3 is 2.47 bits per heavy atom. The molecule has 6 nitrogen and oxygen atoms in total. The maximum atomic E-state index is 11.7. The summed E-state index contributed by atoms with van der Waals surface area (Å²) in [4.78, 5) is 23.3. The molecule has 1 atom stereocenters. The largest absolute Gasteiger partial charge is 0.465 e. The van der Waals surface area contributed by atoms with Crippen molar-refractivity contribution in [1.82, 2.24) is 0 Å². The van der Waals surface area contributed by atoms with Gasteiger partial charge in [0.15, 0.2) is 11.2 Å². The second-order valence-electron chi connectivity index (χ2n) is 4.38. The summed E-state index contributed by atoms with van der Waals surface area (Å²) in [7, 11) is -3.45. The van der Waals surface area contributed by atoms with E-state index >= 15 is 0 Å². The van der Waals surface area contributed by atoms with E-state index in [4.69, 9.17) is 4.74 Å². The zero-order valence-electron chi connectivity index (χ0n) is 11.3. The van der Waals surface area contributed by atoms with Crippen LogP contribution >= 0.6 is 0 Å². The summed E-state index contributed by atoms with van der Waals surface area (Å²) in [6, 6.07) is 0. The molecule has 0 amide bonds. The predicted molar refractivity (Wildman–Crippen MR) is 67.9 cm³/mol. The molecule has 0 bridgehead atoms. The lowest BCUT2D eigenvalue weighted by Crippen LogP contribution is -2.29. The summed E-state index contributed by atoms with van der Waals surface area (Å²) in [6.07, 6.45) is 3.41. The Morgan fingerprint density at radius 2 is 2.00 bits per heavy atom. The SMILES string of the molecule is CCOC(=O)C1(C(C)=O)C=C1CCCOS(C)(=O)=O. The maximum Gasteiger partial charge on any atom is 0.327 e. The first-order valence-electron chi connectivity index (χ1n) is 5.99. The van der Waals surface area contributed by atoms with Crippen molar-refractivity contribution in [3.8, 4) is 0 Å². The molecule has 0 aromatic heterocycles. The quantitative estimate of drug-likeness (QED) is 0.216. The third-order valence-electron chi connectivity index (χ3n) is 2.85. The molecule has 0 fully saturated rings. The van der Waals surface area contributed by atoms with Gasteiger partial charge in [-0.15, -0.1) is 0 Å². The summed E-state index contributed by atoms with van der Waals surface area (Å²) in [5.41, 5.74) is -0.531. The predicted octanol–water partition coefficient (Wildman–Crippen LogP) is 0.821. The van der Waals surface area contributed by atoms with Gasteiger partial charge < -0.3 is 4.74 Å². The standard InChI is InChI=1S/C12H18O6S/c1-4-17-11(14)12(9(2)13)8-10(12)6-5-7-18-19(3,15)16/h8H,4-7H2,1-3H3. The van der Waals surface area contributed by atoms with Gasteiger partial charge in [0.2, 0.25) is 0 Å². The normalized spacial score (nSPS) is 21.7. The molecule has 1 aliphatic carbocycles. The van der Waals surface area contributed by atoms with Gasteiger partial charge in [-0.05, 0) is 32.3 Å². The molecule has 0 radical (unpaired) electrons. The van der Waals surface area contributed by atoms with Crippen LogP contribution in [0.25, 0.3) is 0 Å². The number of Topliss-reactive ketones (excluding diaryl/α,β-unsaturated/α-hetero) is 1. The van der Waals surface area contributed by atoms with Crippen LogP contribution in [0.4, 0.5) is 0 Å². The van der Waals surface area contributed by atoms with E-state index in [0.29, 0.717) is 18.4 Å². The number of ether oxygens (including phenoxy) is 1. The summed E-state index contributed by atoms with van der Waals surface area (Å²) in [5, 5.41) is 0. The highest BCUT2D eigenvalue weighted by Crippen LogP contribution is 2.48. The monoisotopic (exact) mass is 290 g/mol. The molecule has 1 unspecified atom stereocenters. The molecule has 0 aromatic rings. The average Bonchev–Trinajstić information content (AvgIpc) is 2.99. The first-order valence-corrected chi connectivity index (χ1v) is 7.80. The average molecular weight is 290 g/mol. The number of carbonyl (C=O) groups is 2. The van der Waals surface area contributed by atoms with E-state index in [1.165, 1.54) is 6.92 Å². The second-order valence-corrected chi connectivity index (χ2v) is 6.03. The van der Waals surface area contributed by atoms with Crippen molar-refractivity contribution >= 4 is 21.9 Å². The molecule has 0 spiro atoms. The van der Waals surface area contributed by atoms with Crippen molar-refractivity contribution in [2.24, 2.45) is 5.41 Å². The summed E-state index contributed by atoms with van der Waals surface area (Å²) in [6.45, 7) is 3.26. The molecule has 0 aliphatic heterocycles. The van der Waals surface area contributed by atoms with E-state index in [0.717, 1.165) is 6.26 Å². The first kappa shape index (κ1) is 15.8. The Hall–Kier alpha value is -1.21. The van der Waals surface area contributed by atoms with Crippen molar-refractivity contribution < 1.29 is 26.9 Å². The van der Waals surface area contributed by atoms with E-state index in [1.807, 2.05) is 0 Å². The Balaban J connectivity index is 2.47. The van der Waals surface area contributed by atoms with Crippen LogP contribution in [0.2, 0.25) is 0 Å². The molecular formula is C12H18O6S. The number of carbonyl (C=O) groups excluding carboxylic acids is 2. The highest BCUT2D eigenvalue weighted by Gasteiger charge is 2.55. The van der Waals surface area contributed by atoms with Gasteiger partial charge in [-0.3, -0.25) is 13.8 Å². The van der Waals surface area contributed by atoms with E-state index < -0.39 is 21.5 Å². The van der Waals surface area contributed by atoms with Crippen LogP contribution in [0.15, 0.2) is 11.6 Å². The second kappa shape index (κ2) is 5.83. The molecule has 19 heavy (non-hydrogen) atoms. The molecule has 0 N–H and O–H groups in total. The maximum absolute atomic E-state index is 11.7. The van der Waals surface area contributed by atoms with Crippen molar-refractivity contribution in [1.29, 1.82) is 0 Å². The van der Waals surface area contributed by atoms with Gasteiger partial charge in [-0.25, -0.2) is 0 Å². The topological polar surface area (TPSA) is 86.7 Å². The molecule has 0 aromatic carbocycles. The fourth-order valence-electron chi connectivity index (χ4n) is 1.87. The van der Waals surface area contributed by atoms with Crippen molar-refractivity contribution in [2.75, 3.05) is 19.5 Å². The van der Waals surface area contributed by atoms with Gasteiger partial charge >= 0.3 is 5.97 Å². The van der Waals surface area contributed by atoms with Gasteiger partial charge in [-0.1, -0.05) is 6.08 Å². The Kier molecular flexibility index (Phi) is 4.86. The number of hydrogen-bond acceptors (Lipinski definition) is 6. The Labute approximate surface area is 112 Å². The molecule has 7 heteroatoms. The fourth-order valence-corrected chi connectivity index (χ4v) is 2.29. The fraction of sp³-hybridized carbons (Fsp3) is 0.667. The third kappa shape index (κ3) is 3.87. The van der Waals surface area contributed by atoms with Gasteiger partial charge in [0, 0.05) is 0 Å². The minimum absolute atomic E-state index is 0.0347. The van der Waals surface area contributed by atoms with Crippen LogP contribution in [0.5, 0.6) is 0 Å². The summed E-state index contributed by atoms with van der Waals surface area (Å²) in [5.74, 6) is -0.827. The lowest BCUT2D eigenvalue weighted by molar-refractivity contribution is -0.151. The van der Waals surface area contributed by atoms with E-state index in [2.05, 4.69) is 4.18 Å². The molecule has 0 heterocycles.